The maximum absolute atomic E-state index is 12.3. The van der Waals surface area contributed by atoms with E-state index in [-0.39, 0.29) is 18.4 Å². The van der Waals surface area contributed by atoms with Gasteiger partial charge in [-0.3, -0.25) is 4.79 Å². The second-order valence-corrected chi connectivity index (χ2v) is 7.56. The molecule has 0 radical (unpaired) electrons. The summed E-state index contributed by atoms with van der Waals surface area (Å²) in [5.41, 5.74) is 0. The van der Waals surface area contributed by atoms with Crippen LogP contribution in [0.2, 0.25) is 0 Å². The minimum Gasteiger partial charge on any atom is -0.480 e. The predicted molar refractivity (Wildman–Crippen MR) is 77.9 cm³/mol. The number of carbonyl (C=O) groups is 1. The average molecular weight is 326 g/mol. The van der Waals surface area contributed by atoms with Gasteiger partial charge in [0.05, 0.1) is 6.61 Å². The van der Waals surface area contributed by atoms with Crippen LogP contribution < -0.4 is 4.72 Å². The maximum atomic E-state index is 12.3. The Labute approximate surface area is 123 Å². The van der Waals surface area contributed by atoms with Gasteiger partial charge in [-0.25, -0.2) is 0 Å². The molecule has 3 N–H and O–H groups in total. The van der Waals surface area contributed by atoms with Crippen molar-refractivity contribution >= 4 is 27.9 Å². The van der Waals surface area contributed by atoms with Gasteiger partial charge in [0.2, 0.25) is 0 Å². The Kier molecular flexibility index (Phi) is 6.73. The zero-order chi connectivity index (χ0) is 15.3. The van der Waals surface area contributed by atoms with Crippen molar-refractivity contribution in [3.63, 3.8) is 0 Å². The molecule has 1 rings (SSSR count). The molecule has 1 aliphatic heterocycles. The first kappa shape index (κ1) is 17.7. The first-order valence-electron chi connectivity index (χ1n) is 6.49. The molecule has 1 saturated heterocycles. The number of carboxylic acids is 1. The third-order valence-corrected chi connectivity index (χ3v) is 6.31. The van der Waals surface area contributed by atoms with Crippen LogP contribution in [0.3, 0.4) is 0 Å². The van der Waals surface area contributed by atoms with Gasteiger partial charge in [0, 0.05) is 17.8 Å². The third-order valence-electron chi connectivity index (χ3n) is 3.42. The fourth-order valence-electron chi connectivity index (χ4n) is 2.25. The normalized spacial score (nSPS) is 24.2. The van der Waals surface area contributed by atoms with Crippen molar-refractivity contribution in [3.05, 3.63) is 0 Å². The number of aliphatic hydroxyl groups excluding tert-OH is 1. The molecule has 3 atom stereocenters. The van der Waals surface area contributed by atoms with Crippen LogP contribution in [0.4, 0.5) is 0 Å². The van der Waals surface area contributed by atoms with Crippen LogP contribution >= 0.6 is 11.8 Å². The van der Waals surface area contributed by atoms with Gasteiger partial charge in [0.25, 0.3) is 10.2 Å². The van der Waals surface area contributed by atoms with E-state index in [1.807, 2.05) is 0 Å². The molecule has 1 fully saturated rings. The van der Waals surface area contributed by atoms with Crippen LogP contribution in [0.25, 0.3) is 0 Å². The number of aliphatic hydroxyl groups is 1. The quantitative estimate of drug-likeness (QED) is 0.602. The van der Waals surface area contributed by atoms with Crippen LogP contribution in [0.15, 0.2) is 0 Å². The first-order valence-corrected chi connectivity index (χ1v) is 9.21. The topological polar surface area (TPSA) is 107 Å². The van der Waals surface area contributed by atoms with Gasteiger partial charge in [-0.2, -0.15) is 29.2 Å². The number of rotatable bonds is 7. The zero-order valence-corrected chi connectivity index (χ0v) is 13.3. The van der Waals surface area contributed by atoms with E-state index in [0.717, 1.165) is 4.31 Å². The lowest BCUT2D eigenvalue weighted by Crippen LogP contribution is -2.55. The summed E-state index contributed by atoms with van der Waals surface area (Å²) in [5, 5.41) is 18.0. The third kappa shape index (κ3) is 4.32. The van der Waals surface area contributed by atoms with E-state index in [2.05, 4.69) is 4.72 Å². The van der Waals surface area contributed by atoms with E-state index in [9.17, 15) is 18.3 Å². The largest absolute Gasteiger partial charge is 0.480 e. The van der Waals surface area contributed by atoms with Gasteiger partial charge in [0.1, 0.15) is 6.04 Å². The van der Waals surface area contributed by atoms with E-state index in [1.54, 1.807) is 13.2 Å². The van der Waals surface area contributed by atoms with Gasteiger partial charge in [-0.15, -0.1) is 0 Å². The summed E-state index contributed by atoms with van der Waals surface area (Å²) in [5.74, 6) is -1.12. The standard InChI is InChI=1S/C11H22N2O5S2/c1-8(10(7-14)19-2)12-20(17,18)13-6-4-3-5-9(13)11(15)16/h8-10,12,14H,3-7H2,1-2H3,(H,15,16). The highest BCUT2D eigenvalue weighted by Gasteiger charge is 2.37. The number of nitrogens with zero attached hydrogens (tertiary/aromatic N) is 1. The molecule has 0 amide bonds. The zero-order valence-electron chi connectivity index (χ0n) is 11.7. The van der Waals surface area contributed by atoms with Crippen LogP contribution in [-0.2, 0) is 15.0 Å². The fraction of sp³-hybridized carbons (Fsp3) is 0.909. The Balaban J connectivity index is 2.83. The number of aliphatic carboxylic acids is 1. The SMILES string of the molecule is CSC(CO)C(C)NS(=O)(=O)N1CCCCC1C(=O)O. The van der Waals surface area contributed by atoms with Crippen molar-refractivity contribution in [3.8, 4) is 0 Å². The molecular formula is C11H22N2O5S2. The molecule has 0 spiro atoms. The van der Waals surface area contributed by atoms with Crippen molar-refractivity contribution in [2.75, 3.05) is 19.4 Å². The summed E-state index contributed by atoms with van der Waals surface area (Å²) < 4.78 is 28.1. The van der Waals surface area contributed by atoms with Crippen molar-refractivity contribution in [1.29, 1.82) is 0 Å². The maximum Gasteiger partial charge on any atom is 0.322 e. The van der Waals surface area contributed by atoms with Crippen LogP contribution in [0, 0.1) is 0 Å². The summed E-state index contributed by atoms with van der Waals surface area (Å²) in [6, 6.07) is -1.48. The number of thioether (sulfide) groups is 1. The first-order chi connectivity index (χ1) is 9.33. The van der Waals surface area contributed by atoms with Gasteiger partial charge in [0.15, 0.2) is 0 Å². The second-order valence-electron chi connectivity index (χ2n) is 4.83. The van der Waals surface area contributed by atoms with E-state index in [0.29, 0.717) is 19.3 Å². The van der Waals surface area contributed by atoms with Crippen LogP contribution in [0.1, 0.15) is 26.2 Å². The minimum atomic E-state index is -3.86. The molecule has 9 heteroatoms. The van der Waals surface area contributed by atoms with Crippen LogP contribution in [0.5, 0.6) is 0 Å². The van der Waals surface area contributed by atoms with E-state index in [4.69, 9.17) is 5.11 Å². The van der Waals surface area contributed by atoms with Crippen LogP contribution in [-0.4, -0.2) is 65.6 Å². The summed E-state index contributed by atoms with van der Waals surface area (Å²) in [6.45, 7) is 1.73. The Morgan fingerprint density at radius 1 is 1.50 bits per heavy atom. The van der Waals surface area contributed by atoms with Gasteiger partial charge >= 0.3 is 5.97 Å². The Bertz CT molecular complexity index is 425. The molecule has 3 unspecified atom stereocenters. The molecule has 20 heavy (non-hydrogen) atoms. The Morgan fingerprint density at radius 3 is 2.65 bits per heavy atom. The highest BCUT2D eigenvalue weighted by molar-refractivity contribution is 7.99. The van der Waals surface area contributed by atoms with Gasteiger partial charge in [-0.1, -0.05) is 0 Å². The Hall–Kier alpha value is -0.350. The molecule has 1 heterocycles. The van der Waals surface area contributed by atoms with E-state index < -0.39 is 28.3 Å². The Morgan fingerprint density at radius 2 is 2.15 bits per heavy atom. The second kappa shape index (κ2) is 7.60. The predicted octanol–water partition coefficient (Wildman–Crippen LogP) is -0.128. The van der Waals surface area contributed by atoms with Crippen molar-refractivity contribution in [1.82, 2.24) is 9.03 Å². The lowest BCUT2D eigenvalue weighted by molar-refractivity contribution is -0.142. The molecule has 0 aliphatic carbocycles. The number of carboxylic acid groups (broad SMARTS) is 1. The number of hydrogen-bond acceptors (Lipinski definition) is 5. The smallest absolute Gasteiger partial charge is 0.322 e. The molecule has 7 nitrogen and oxygen atoms in total. The molecule has 1 aliphatic rings. The fourth-order valence-corrected chi connectivity index (χ4v) is 4.64. The van der Waals surface area contributed by atoms with Crippen molar-refractivity contribution < 1.29 is 23.4 Å². The van der Waals surface area contributed by atoms with Gasteiger partial charge < -0.3 is 10.2 Å². The molecule has 0 saturated carbocycles. The highest BCUT2D eigenvalue weighted by Crippen LogP contribution is 2.21. The molecule has 0 bridgehead atoms. The number of hydrogen-bond donors (Lipinski definition) is 3. The van der Waals surface area contributed by atoms with E-state index in [1.165, 1.54) is 11.8 Å². The average Bonchev–Trinajstić information content (AvgIpc) is 2.39. The monoisotopic (exact) mass is 326 g/mol. The molecule has 0 aromatic carbocycles. The summed E-state index contributed by atoms with van der Waals surface area (Å²) in [4.78, 5) is 11.2. The molecule has 118 valence electrons. The minimum absolute atomic E-state index is 0.146. The molecule has 0 aromatic heterocycles. The van der Waals surface area contributed by atoms with Crippen molar-refractivity contribution in [2.24, 2.45) is 0 Å². The number of piperidine rings is 1. The number of nitrogens with one attached hydrogen (secondary N) is 1. The summed E-state index contributed by atoms with van der Waals surface area (Å²) >= 11 is 1.36. The summed E-state index contributed by atoms with van der Waals surface area (Å²) in [7, 11) is -3.86. The van der Waals surface area contributed by atoms with E-state index >= 15 is 0 Å². The van der Waals surface area contributed by atoms with Gasteiger partial charge in [-0.05, 0) is 32.4 Å². The molecule has 0 aromatic rings. The lowest BCUT2D eigenvalue weighted by atomic mass is 10.1. The van der Waals surface area contributed by atoms with Crippen molar-refractivity contribution in [2.45, 2.75) is 43.5 Å². The lowest BCUT2D eigenvalue weighted by Gasteiger charge is -2.33. The highest BCUT2D eigenvalue weighted by atomic mass is 32.2. The molecular weight excluding hydrogens is 304 g/mol. The summed E-state index contributed by atoms with van der Waals surface area (Å²) in [6.07, 6.45) is 3.48.